The Morgan fingerprint density at radius 1 is 1.37 bits per heavy atom. The number of nitriles is 1. The molecule has 0 saturated carbocycles. The van der Waals surface area contributed by atoms with Gasteiger partial charge in [-0.15, -0.1) is 0 Å². The number of fused-ring (bicyclic) bond motifs is 1. The number of hydrogen-bond donors (Lipinski definition) is 2. The van der Waals surface area contributed by atoms with Crippen molar-refractivity contribution >= 4 is 21.5 Å². The predicted molar refractivity (Wildman–Crippen MR) is 100 cm³/mol. The first-order valence-corrected chi connectivity index (χ1v) is 10.2. The summed E-state index contributed by atoms with van der Waals surface area (Å²) in [5.41, 5.74) is 1.26. The molecule has 1 aliphatic carbocycles. The van der Waals surface area contributed by atoms with E-state index in [2.05, 4.69) is 9.71 Å². The number of H-pyrrole nitrogens is 1. The summed E-state index contributed by atoms with van der Waals surface area (Å²) >= 11 is 0. The van der Waals surface area contributed by atoms with Crippen molar-refractivity contribution in [2.24, 2.45) is 5.92 Å². The number of nitrogens with one attached hydrogen (secondary N) is 2. The van der Waals surface area contributed by atoms with Crippen molar-refractivity contribution in [3.05, 3.63) is 47.0 Å². The van der Waals surface area contributed by atoms with Gasteiger partial charge in [0, 0.05) is 17.8 Å². The van der Waals surface area contributed by atoms with Gasteiger partial charge >= 0.3 is 0 Å². The standard InChI is InChI=1S/C17H16FN3O3S.C2H6/c1-10(22)12-3-4-13-16(7-12)20-9-17(13)25(23,24)21-15-5-2-11(8-19)6-14(15)18;1-2/h2,5-6,9,12,20-21H,3-4,7H2,1H3;1-2H3. The van der Waals surface area contributed by atoms with E-state index in [9.17, 15) is 17.6 Å². The van der Waals surface area contributed by atoms with Crippen LogP contribution in [0.2, 0.25) is 0 Å². The Bertz CT molecular complexity index is 990. The van der Waals surface area contributed by atoms with E-state index in [1.807, 2.05) is 13.8 Å². The number of nitrogens with zero attached hydrogens (tertiary/aromatic N) is 1. The minimum atomic E-state index is -3.98. The van der Waals surface area contributed by atoms with Crippen LogP contribution < -0.4 is 4.72 Å². The van der Waals surface area contributed by atoms with Crippen LogP contribution in [0.1, 0.15) is 44.0 Å². The molecule has 0 aliphatic heterocycles. The molecule has 8 heteroatoms. The highest BCUT2D eigenvalue weighted by Crippen LogP contribution is 2.31. The zero-order valence-electron chi connectivity index (χ0n) is 15.5. The van der Waals surface area contributed by atoms with Crippen LogP contribution in [0.25, 0.3) is 0 Å². The minimum Gasteiger partial charge on any atom is -0.363 e. The highest BCUT2D eigenvalue weighted by Gasteiger charge is 2.30. The van der Waals surface area contributed by atoms with Gasteiger partial charge in [0.1, 0.15) is 16.5 Å². The third-order valence-corrected chi connectivity index (χ3v) is 5.87. The molecule has 0 radical (unpaired) electrons. The number of carbonyl (C=O) groups excluding carboxylic acids is 1. The maximum Gasteiger partial charge on any atom is 0.263 e. The van der Waals surface area contributed by atoms with Crippen LogP contribution >= 0.6 is 0 Å². The molecule has 0 amide bonds. The average Bonchev–Trinajstić information content (AvgIpc) is 3.09. The predicted octanol–water partition coefficient (Wildman–Crippen LogP) is 3.55. The topological polar surface area (TPSA) is 103 Å². The number of aromatic amines is 1. The molecule has 1 aromatic heterocycles. The molecule has 0 spiro atoms. The van der Waals surface area contributed by atoms with Crippen LogP contribution in [-0.4, -0.2) is 19.2 Å². The molecule has 1 aromatic carbocycles. The smallest absolute Gasteiger partial charge is 0.263 e. The Kier molecular flexibility index (Phi) is 6.39. The maximum atomic E-state index is 14.0. The molecule has 27 heavy (non-hydrogen) atoms. The van der Waals surface area contributed by atoms with E-state index in [4.69, 9.17) is 5.26 Å². The summed E-state index contributed by atoms with van der Waals surface area (Å²) in [5.74, 6) is -0.836. The fourth-order valence-corrected chi connectivity index (χ4v) is 4.38. The van der Waals surface area contributed by atoms with E-state index in [1.54, 1.807) is 6.07 Å². The number of anilines is 1. The van der Waals surface area contributed by atoms with Gasteiger partial charge in [0.25, 0.3) is 10.0 Å². The molecule has 1 unspecified atom stereocenters. The van der Waals surface area contributed by atoms with Gasteiger partial charge in [-0.25, -0.2) is 12.8 Å². The highest BCUT2D eigenvalue weighted by molar-refractivity contribution is 7.92. The molecule has 0 fully saturated rings. The van der Waals surface area contributed by atoms with E-state index in [1.165, 1.54) is 25.3 Å². The Labute approximate surface area is 158 Å². The Morgan fingerprint density at radius 2 is 2.07 bits per heavy atom. The molecule has 2 N–H and O–H groups in total. The van der Waals surface area contributed by atoms with Gasteiger partial charge < -0.3 is 4.98 Å². The molecule has 1 atom stereocenters. The lowest BCUT2D eigenvalue weighted by Gasteiger charge is -2.20. The van der Waals surface area contributed by atoms with E-state index in [-0.39, 0.29) is 27.8 Å². The summed E-state index contributed by atoms with van der Waals surface area (Å²) in [6.07, 6.45) is 2.91. The van der Waals surface area contributed by atoms with Gasteiger partial charge in [0.05, 0.1) is 17.3 Å². The number of Topliss-reactive ketones (excluding diaryl/α,β-unsaturated/α-hetero) is 1. The number of sulfonamides is 1. The van der Waals surface area contributed by atoms with Crippen molar-refractivity contribution in [3.8, 4) is 6.07 Å². The van der Waals surface area contributed by atoms with Crippen LogP contribution in [0.4, 0.5) is 10.1 Å². The average molecular weight is 391 g/mol. The molecule has 6 nitrogen and oxygen atoms in total. The van der Waals surface area contributed by atoms with Crippen molar-refractivity contribution in [2.45, 2.75) is 44.9 Å². The summed E-state index contributed by atoms with van der Waals surface area (Å²) in [5, 5.41) is 8.75. The Balaban J connectivity index is 0.00000126. The molecule has 1 aliphatic rings. The molecular weight excluding hydrogens is 369 g/mol. The summed E-state index contributed by atoms with van der Waals surface area (Å²) in [6.45, 7) is 5.53. The van der Waals surface area contributed by atoms with E-state index >= 15 is 0 Å². The first kappa shape index (κ1) is 20.6. The van der Waals surface area contributed by atoms with Gasteiger partial charge in [-0.2, -0.15) is 5.26 Å². The lowest BCUT2D eigenvalue weighted by Crippen LogP contribution is -2.22. The molecular formula is C19H22FN3O3S. The fraction of sp³-hybridized carbons (Fsp3) is 0.368. The first-order valence-electron chi connectivity index (χ1n) is 8.74. The SMILES string of the molecule is CC.CC(=O)C1CCc2c(S(=O)(=O)Nc3ccc(C#N)cc3F)c[nH]c2C1. The lowest BCUT2D eigenvalue weighted by atomic mass is 9.86. The summed E-state index contributed by atoms with van der Waals surface area (Å²) in [4.78, 5) is 14.5. The van der Waals surface area contributed by atoms with Crippen LogP contribution in [0.15, 0.2) is 29.3 Å². The largest absolute Gasteiger partial charge is 0.363 e. The van der Waals surface area contributed by atoms with Gasteiger partial charge in [-0.3, -0.25) is 9.52 Å². The van der Waals surface area contributed by atoms with E-state index in [0.29, 0.717) is 24.8 Å². The minimum absolute atomic E-state index is 0.0632. The third-order valence-electron chi connectivity index (χ3n) is 4.44. The Hall–Kier alpha value is -2.66. The van der Waals surface area contributed by atoms with E-state index in [0.717, 1.165) is 11.8 Å². The van der Waals surface area contributed by atoms with Crippen molar-refractivity contribution < 1.29 is 17.6 Å². The van der Waals surface area contributed by atoms with Crippen LogP contribution in [0.5, 0.6) is 0 Å². The summed E-state index contributed by atoms with van der Waals surface area (Å²) in [6, 6.07) is 5.32. The van der Waals surface area contributed by atoms with Crippen molar-refractivity contribution in [2.75, 3.05) is 4.72 Å². The highest BCUT2D eigenvalue weighted by atomic mass is 32.2. The second-order valence-corrected chi connectivity index (χ2v) is 7.72. The van der Waals surface area contributed by atoms with Gasteiger partial charge in [-0.1, -0.05) is 13.8 Å². The number of rotatable bonds is 4. The third kappa shape index (κ3) is 4.37. The maximum absolute atomic E-state index is 14.0. The Morgan fingerprint density at radius 3 is 2.67 bits per heavy atom. The van der Waals surface area contributed by atoms with Crippen LogP contribution in [-0.2, 0) is 27.7 Å². The zero-order valence-corrected chi connectivity index (χ0v) is 16.3. The summed E-state index contributed by atoms with van der Waals surface area (Å²) in [7, 11) is -3.98. The second-order valence-electron chi connectivity index (χ2n) is 6.07. The monoisotopic (exact) mass is 391 g/mol. The summed E-state index contributed by atoms with van der Waals surface area (Å²) < 4.78 is 41.4. The number of carbonyl (C=O) groups is 1. The normalized spacial score (nSPS) is 15.7. The molecule has 1 heterocycles. The molecule has 0 bridgehead atoms. The number of halogens is 1. The number of ketones is 1. The quantitative estimate of drug-likeness (QED) is 0.832. The van der Waals surface area contributed by atoms with Crippen molar-refractivity contribution in [1.82, 2.24) is 4.98 Å². The van der Waals surface area contributed by atoms with Crippen LogP contribution in [0.3, 0.4) is 0 Å². The first-order chi connectivity index (χ1) is 12.8. The number of aromatic nitrogens is 1. The van der Waals surface area contributed by atoms with Gasteiger partial charge in [0.15, 0.2) is 0 Å². The van der Waals surface area contributed by atoms with Gasteiger partial charge in [-0.05, 0) is 49.9 Å². The molecule has 0 saturated heterocycles. The van der Waals surface area contributed by atoms with Gasteiger partial charge in [0.2, 0.25) is 0 Å². The molecule has 3 rings (SSSR count). The number of hydrogen-bond acceptors (Lipinski definition) is 4. The zero-order chi connectivity index (χ0) is 20.2. The van der Waals surface area contributed by atoms with Crippen molar-refractivity contribution in [3.63, 3.8) is 0 Å². The van der Waals surface area contributed by atoms with Crippen LogP contribution in [0, 0.1) is 23.1 Å². The fourth-order valence-electron chi connectivity index (χ4n) is 3.05. The molecule has 2 aromatic rings. The second kappa shape index (κ2) is 8.35. The van der Waals surface area contributed by atoms with E-state index < -0.39 is 15.8 Å². The lowest BCUT2D eigenvalue weighted by molar-refractivity contribution is -0.121. The molecule has 144 valence electrons. The van der Waals surface area contributed by atoms with Crippen molar-refractivity contribution in [1.29, 1.82) is 5.26 Å². The number of benzene rings is 1.